The topological polar surface area (TPSA) is 15.3 Å². The van der Waals surface area contributed by atoms with Gasteiger partial charge in [-0.15, -0.1) is 11.8 Å². The summed E-state index contributed by atoms with van der Waals surface area (Å²) in [6.45, 7) is 3.15. The highest BCUT2D eigenvalue weighted by atomic mass is 32.2. The number of benzene rings is 1. The average Bonchev–Trinajstić information content (AvgIpc) is 2.27. The van der Waals surface area contributed by atoms with Gasteiger partial charge in [-0.25, -0.2) is 0 Å². The normalized spacial score (nSPS) is 10.9. The molecule has 0 aromatic heterocycles. The number of hydrogen-bond donors (Lipinski definition) is 1. The molecule has 1 aromatic carbocycles. The summed E-state index contributed by atoms with van der Waals surface area (Å²) in [4.78, 5) is 3.72. The zero-order valence-electron chi connectivity index (χ0n) is 9.79. The van der Waals surface area contributed by atoms with Crippen molar-refractivity contribution in [3.05, 3.63) is 29.8 Å². The molecule has 0 amide bonds. The number of nitrogens with zero attached hydrogens (tertiary/aromatic N) is 1. The standard InChI is InChI=1S/C12H20N2S/c1-13-8-9-14(2)10-11-6-4-5-7-12(11)15-3/h4-7,13H,8-10H2,1-3H3. The first-order valence-corrected chi connectivity index (χ1v) is 6.45. The van der Waals surface area contributed by atoms with Crippen LogP contribution in [0.5, 0.6) is 0 Å². The van der Waals surface area contributed by atoms with Gasteiger partial charge in [0.1, 0.15) is 0 Å². The monoisotopic (exact) mass is 224 g/mol. The first kappa shape index (κ1) is 12.6. The van der Waals surface area contributed by atoms with Crippen molar-refractivity contribution < 1.29 is 0 Å². The van der Waals surface area contributed by atoms with Crippen LogP contribution in [0.25, 0.3) is 0 Å². The molecular formula is C12H20N2S. The van der Waals surface area contributed by atoms with E-state index in [4.69, 9.17) is 0 Å². The highest BCUT2D eigenvalue weighted by molar-refractivity contribution is 7.98. The van der Waals surface area contributed by atoms with Crippen LogP contribution >= 0.6 is 11.8 Å². The van der Waals surface area contributed by atoms with Crippen LogP contribution in [-0.2, 0) is 6.54 Å². The average molecular weight is 224 g/mol. The molecule has 0 unspecified atom stereocenters. The summed E-state index contributed by atoms with van der Waals surface area (Å²) in [7, 11) is 4.15. The van der Waals surface area contributed by atoms with Crippen molar-refractivity contribution in [3.63, 3.8) is 0 Å². The maximum atomic E-state index is 3.17. The summed E-state index contributed by atoms with van der Waals surface area (Å²) in [6.07, 6.45) is 2.13. The van der Waals surface area contributed by atoms with Crippen molar-refractivity contribution in [2.45, 2.75) is 11.4 Å². The quantitative estimate of drug-likeness (QED) is 0.745. The van der Waals surface area contributed by atoms with Gasteiger partial charge in [0, 0.05) is 24.5 Å². The molecule has 0 saturated heterocycles. The largest absolute Gasteiger partial charge is 0.318 e. The molecule has 0 atom stereocenters. The number of rotatable bonds is 6. The molecule has 1 aromatic rings. The Morgan fingerprint density at radius 3 is 2.73 bits per heavy atom. The van der Waals surface area contributed by atoms with Crippen molar-refractivity contribution in [2.24, 2.45) is 0 Å². The van der Waals surface area contributed by atoms with Crippen molar-refractivity contribution in [2.75, 3.05) is 33.4 Å². The Morgan fingerprint density at radius 2 is 2.07 bits per heavy atom. The highest BCUT2D eigenvalue weighted by Gasteiger charge is 2.03. The fraction of sp³-hybridized carbons (Fsp3) is 0.500. The lowest BCUT2D eigenvalue weighted by Gasteiger charge is -2.17. The first-order valence-electron chi connectivity index (χ1n) is 5.23. The van der Waals surface area contributed by atoms with Crippen molar-refractivity contribution in [1.82, 2.24) is 10.2 Å². The Balaban J connectivity index is 2.55. The van der Waals surface area contributed by atoms with Crippen LogP contribution in [0.1, 0.15) is 5.56 Å². The van der Waals surface area contributed by atoms with Crippen LogP contribution in [0.4, 0.5) is 0 Å². The number of nitrogens with one attached hydrogen (secondary N) is 1. The number of likely N-dealkylation sites (N-methyl/N-ethyl adjacent to an activating group) is 2. The second-order valence-electron chi connectivity index (χ2n) is 3.65. The van der Waals surface area contributed by atoms with Gasteiger partial charge in [-0.1, -0.05) is 18.2 Å². The fourth-order valence-corrected chi connectivity index (χ4v) is 2.12. The van der Waals surface area contributed by atoms with Gasteiger partial charge in [-0.05, 0) is 32.0 Å². The summed E-state index contributed by atoms with van der Waals surface area (Å²) in [6, 6.07) is 8.61. The molecule has 0 aliphatic heterocycles. The predicted octanol–water partition coefficient (Wildman–Crippen LogP) is 2.06. The Bertz CT molecular complexity index is 289. The molecule has 0 heterocycles. The molecule has 0 radical (unpaired) electrons. The molecule has 3 heteroatoms. The molecule has 2 nitrogen and oxygen atoms in total. The van der Waals surface area contributed by atoms with Crippen LogP contribution in [0.2, 0.25) is 0 Å². The molecule has 0 aliphatic carbocycles. The zero-order valence-corrected chi connectivity index (χ0v) is 10.6. The minimum atomic E-state index is 1.03. The smallest absolute Gasteiger partial charge is 0.0242 e. The summed E-state index contributed by atoms with van der Waals surface area (Å²) in [5, 5.41) is 3.17. The van der Waals surface area contributed by atoms with Gasteiger partial charge in [0.2, 0.25) is 0 Å². The first-order chi connectivity index (χ1) is 7.27. The van der Waals surface area contributed by atoms with E-state index < -0.39 is 0 Å². The van der Waals surface area contributed by atoms with E-state index in [0.29, 0.717) is 0 Å². The van der Waals surface area contributed by atoms with E-state index in [2.05, 4.69) is 47.8 Å². The summed E-state index contributed by atoms with van der Waals surface area (Å²) in [5.74, 6) is 0. The van der Waals surface area contributed by atoms with E-state index in [0.717, 1.165) is 19.6 Å². The molecule has 84 valence electrons. The molecule has 0 aliphatic rings. The minimum absolute atomic E-state index is 1.03. The molecule has 0 fully saturated rings. The third-order valence-electron chi connectivity index (χ3n) is 2.38. The molecule has 0 bridgehead atoms. The van der Waals surface area contributed by atoms with Crippen molar-refractivity contribution in [1.29, 1.82) is 0 Å². The molecule has 0 saturated carbocycles. The van der Waals surface area contributed by atoms with Crippen molar-refractivity contribution >= 4 is 11.8 Å². The van der Waals surface area contributed by atoms with Gasteiger partial charge >= 0.3 is 0 Å². The van der Waals surface area contributed by atoms with Gasteiger partial charge in [0.05, 0.1) is 0 Å². The number of thioether (sulfide) groups is 1. The summed E-state index contributed by atoms with van der Waals surface area (Å²) in [5.41, 5.74) is 1.42. The molecule has 1 N–H and O–H groups in total. The van der Waals surface area contributed by atoms with E-state index >= 15 is 0 Å². The molecule has 0 spiro atoms. The van der Waals surface area contributed by atoms with Crippen LogP contribution in [0, 0.1) is 0 Å². The van der Waals surface area contributed by atoms with E-state index in [1.165, 1.54) is 10.5 Å². The van der Waals surface area contributed by atoms with Crippen LogP contribution in [0.15, 0.2) is 29.2 Å². The van der Waals surface area contributed by atoms with Gasteiger partial charge in [-0.3, -0.25) is 0 Å². The second-order valence-corrected chi connectivity index (χ2v) is 4.50. The van der Waals surface area contributed by atoms with Gasteiger partial charge < -0.3 is 10.2 Å². The zero-order chi connectivity index (χ0) is 11.1. The van der Waals surface area contributed by atoms with Crippen molar-refractivity contribution in [3.8, 4) is 0 Å². The highest BCUT2D eigenvalue weighted by Crippen LogP contribution is 2.20. The molecule has 1 rings (SSSR count). The second kappa shape index (κ2) is 6.88. The number of hydrogen-bond acceptors (Lipinski definition) is 3. The maximum Gasteiger partial charge on any atom is 0.0242 e. The van der Waals surface area contributed by atoms with Gasteiger partial charge in [-0.2, -0.15) is 0 Å². The van der Waals surface area contributed by atoms with E-state index in [-0.39, 0.29) is 0 Å². The Morgan fingerprint density at radius 1 is 1.33 bits per heavy atom. The van der Waals surface area contributed by atoms with E-state index in [9.17, 15) is 0 Å². The van der Waals surface area contributed by atoms with E-state index in [1.54, 1.807) is 0 Å². The van der Waals surface area contributed by atoms with Crippen LogP contribution in [-0.4, -0.2) is 38.3 Å². The maximum absolute atomic E-state index is 3.17. The lowest BCUT2D eigenvalue weighted by atomic mass is 10.2. The van der Waals surface area contributed by atoms with Gasteiger partial charge in [0.25, 0.3) is 0 Å². The van der Waals surface area contributed by atoms with Crippen LogP contribution in [0.3, 0.4) is 0 Å². The summed E-state index contributed by atoms with van der Waals surface area (Å²) >= 11 is 1.82. The Kier molecular flexibility index (Phi) is 5.76. The molecular weight excluding hydrogens is 204 g/mol. The van der Waals surface area contributed by atoms with Crippen LogP contribution < -0.4 is 5.32 Å². The molecule has 15 heavy (non-hydrogen) atoms. The lowest BCUT2D eigenvalue weighted by molar-refractivity contribution is 0.326. The SMILES string of the molecule is CNCCN(C)Cc1ccccc1SC. The Hall–Kier alpha value is -0.510. The van der Waals surface area contributed by atoms with E-state index in [1.807, 2.05) is 18.8 Å². The van der Waals surface area contributed by atoms with Gasteiger partial charge in [0.15, 0.2) is 0 Å². The lowest BCUT2D eigenvalue weighted by Crippen LogP contribution is -2.27. The third-order valence-corrected chi connectivity index (χ3v) is 3.21. The minimum Gasteiger partial charge on any atom is -0.318 e. The fourth-order valence-electron chi connectivity index (χ4n) is 1.51. The predicted molar refractivity (Wildman–Crippen MR) is 68.5 cm³/mol. The Labute approximate surface area is 97.1 Å². The third kappa shape index (κ3) is 4.24. The summed E-state index contributed by atoms with van der Waals surface area (Å²) < 4.78 is 0.